The highest BCUT2D eigenvalue weighted by Gasteiger charge is 2.41. The van der Waals surface area contributed by atoms with Crippen LogP contribution in [-0.4, -0.2) is 58.9 Å². The maximum atomic E-state index is 13.6. The molecule has 1 aliphatic carbocycles. The second kappa shape index (κ2) is 10.6. The third-order valence-corrected chi connectivity index (χ3v) is 6.87. The number of halogens is 1. The Morgan fingerprint density at radius 2 is 1.53 bits per heavy atom. The van der Waals surface area contributed by atoms with E-state index < -0.39 is 6.17 Å². The summed E-state index contributed by atoms with van der Waals surface area (Å²) >= 11 is 5.99. The minimum Gasteiger partial charge on any atom is -0.350 e. The van der Waals surface area contributed by atoms with Crippen LogP contribution in [0, 0.1) is 6.92 Å². The first-order valence-electron chi connectivity index (χ1n) is 11.8. The molecule has 0 bridgehead atoms. The third-order valence-electron chi connectivity index (χ3n) is 6.62. The molecule has 2 aromatic rings. The van der Waals surface area contributed by atoms with Gasteiger partial charge in [-0.2, -0.15) is 0 Å². The molecule has 2 fully saturated rings. The number of hydrogen-bond donors (Lipinski definition) is 2. The molecule has 3 amide bonds. The summed E-state index contributed by atoms with van der Waals surface area (Å²) in [6.45, 7) is 2.69. The van der Waals surface area contributed by atoms with Crippen molar-refractivity contribution in [1.82, 2.24) is 15.1 Å². The molecule has 3 N–H and O–H groups in total. The maximum Gasteiger partial charge on any atom is 0.264 e. The summed E-state index contributed by atoms with van der Waals surface area (Å²) in [7, 11) is 0. The highest BCUT2D eigenvalue weighted by molar-refractivity contribution is 6.30. The van der Waals surface area contributed by atoms with Gasteiger partial charge in [-0.25, -0.2) is 0 Å². The fraction of sp³-hybridized carbons (Fsp3) is 0.423. The molecule has 0 radical (unpaired) electrons. The molecule has 1 unspecified atom stereocenters. The number of nitrogens with two attached hydrogens (primary N) is 1. The van der Waals surface area contributed by atoms with Crippen molar-refractivity contribution in [1.29, 1.82) is 0 Å². The lowest BCUT2D eigenvalue weighted by Gasteiger charge is -2.43. The minimum atomic E-state index is -1.03. The normalized spacial score (nSPS) is 22.9. The number of carbonyl (C=O) groups excluding carboxylic acids is 3. The van der Waals surface area contributed by atoms with Gasteiger partial charge in [0.25, 0.3) is 17.7 Å². The van der Waals surface area contributed by atoms with Crippen LogP contribution in [0.2, 0.25) is 5.02 Å². The first kappa shape index (κ1) is 24.2. The molecule has 1 atom stereocenters. The molecule has 0 aromatic heterocycles. The van der Waals surface area contributed by atoms with Crippen LogP contribution in [0.25, 0.3) is 0 Å². The fourth-order valence-electron chi connectivity index (χ4n) is 4.77. The van der Waals surface area contributed by atoms with Crippen molar-refractivity contribution in [2.45, 2.75) is 57.3 Å². The first-order valence-corrected chi connectivity index (χ1v) is 12.2. The molecule has 7 nitrogen and oxygen atoms in total. The zero-order chi connectivity index (χ0) is 24.2. The second-order valence-electron chi connectivity index (χ2n) is 9.22. The molecule has 1 heterocycles. The van der Waals surface area contributed by atoms with Crippen LogP contribution in [0.3, 0.4) is 0 Å². The molecule has 1 aliphatic heterocycles. The molecular formula is C26H31ClN4O3. The number of carbonyl (C=O) groups is 3. The van der Waals surface area contributed by atoms with Crippen LogP contribution in [0.1, 0.15) is 58.4 Å². The van der Waals surface area contributed by atoms with Crippen molar-refractivity contribution in [3.63, 3.8) is 0 Å². The van der Waals surface area contributed by atoms with E-state index in [9.17, 15) is 14.4 Å². The summed E-state index contributed by atoms with van der Waals surface area (Å²) in [5.74, 6) is -0.893. The number of nitrogens with one attached hydrogen (secondary N) is 1. The largest absolute Gasteiger partial charge is 0.350 e. The zero-order valence-electron chi connectivity index (χ0n) is 19.4. The Balaban J connectivity index is 1.63. The Hall–Kier alpha value is -2.90. The Kier molecular flexibility index (Phi) is 7.54. The van der Waals surface area contributed by atoms with Gasteiger partial charge in [0.2, 0.25) is 0 Å². The molecule has 2 aromatic carbocycles. The molecular weight excluding hydrogens is 452 g/mol. The molecule has 8 heteroatoms. The van der Waals surface area contributed by atoms with Gasteiger partial charge in [0, 0.05) is 41.3 Å². The van der Waals surface area contributed by atoms with Crippen LogP contribution < -0.4 is 11.1 Å². The lowest BCUT2D eigenvalue weighted by Crippen LogP contribution is -2.64. The summed E-state index contributed by atoms with van der Waals surface area (Å²) in [5, 5.41) is 3.62. The highest BCUT2D eigenvalue weighted by atomic mass is 35.5. The van der Waals surface area contributed by atoms with Crippen molar-refractivity contribution >= 4 is 29.3 Å². The van der Waals surface area contributed by atoms with Crippen molar-refractivity contribution in [3.05, 3.63) is 70.2 Å². The number of rotatable bonds is 4. The van der Waals surface area contributed by atoms with Gasteiger partial charge >= 0.3 is 0 Å². The number of benzene rings is 2. The van der Waals surface area contributed by atoms with Gasteiger partial charge in [-0.15, -0.1) is 0 Å². The van der Waals surface area contributed by atoms with Crippen LogP contribution in [0.5, 0.6) is 0 Å². The SMILES string of the molecule is Cc1cccc(C(=O)N2CCCN(C(=O)c3ccc(Cl)cc3)C2C(=O)NC2CCC(N)CC2)c1. The van der Waals surface area contributed by atoms with E-state index in [0.29, 0.717) is 35.7 Å². The standard InChI is InChI=1S/C26H31ClN4O3/c1-17-4-2-5-19(16-17)26(34)31-15-3-14-30(25(33)18-6-8-20(27)9-7-18)24(31)23(32)29-22-12-10-21(28)11-13-22/h2,4-9,16,21-22,24H,3,10-15,28H2,1H3,(H,29,32). The first-order chi connectivity index (χ1) is 16.3. The molecule has 0 spiro atoms. The number of aryl methyl sites for hydroxylation is 1. The second-order valence-corrected chi connectivity index (χ2v) is 9.66. The Morgan fingerprint density at radius 1 is 0.912 bits per heavy atom. The van der Waals surface area contributed by atoms with E-state index in [0.717, 1.165) is 31.2 Å². The van der Waals surface area contributed by atoms with Gasteiger partial charge in [0.1, 0.15) is 0 Å². The minimum absolute atomic E-state index is 0.0161. The molecule has 180 valence electrons. The van der Waals surface area contributed by atoms with E-state index in [1.54, 1.807) is 36.4 Å². The van der Waals surface area contributed by atoms with Crippen LogP contribution in [-0.2, 0) is 4.79 Å². The van der Waals surface area contributed by atoms with Crippen LogP contribution in [0.15, 0.2) is 48.5 Å². The van der Waals surface area contributed by atoms with Gasteiger partial charge in [0.15, 0.2) is 6.17 Å². The van der Waals surface area contributed by atoms with E-state index in [2.05, 4.69) is 5.32 Å². The lowest BCUT2D eigenvalue weighted by atomic mass is 9.91. The van der Waals surface area contributed by atoms with Gasteiger partial charge in [-0.1, -0.05) is 29.3 Å². The van der Waals surface area contributed by atoms with E-state index in [1.165, 1.54) is 9.80 Å². The van der Waals surface area contributed by atoms with Gasteiger partial charge in [-0.05, 0) is 75.4 Å². The average Bonchev–Trinajstić information content (AvgIpc) is 2.84. The maximum absolute atomic E-state index is 13.6. The third kappa shape index (κ3) is 5.42. The molecule has 1 saturated carbocycles. The molecule has 34 heavy (non-hydrogen) atoms. The van der Waals surface area contributed by atoms with Crippen molar-refractivity contribution in [2.24, 2.45) is 5.73 Å². The zero-order valence-corrected chi connectivity index (χ0v) is 20.1. The predicted molar refractivity (Wildman–Crippen MR) is 131 cm³/mol. The molecule has 4 rings (SSSR count). The predicted octanol–water partition coefficient (Wildman–Crippen LogP) is 3.35. The van der Waals surface area contributed by atoms with Gasteiger partial charge in [0.05, 0.1) is 0 Å². The Labute approximate surface area is 205 Å². The summed E-state index contributed by atoms with van der Waals surface area (Å²) in [4.78, 5) is 43.6. The summed E-state index contributed by atoms with van der Waals surface area (Å²) in [6.07, 6.45) is 2.82. The van der Waals surface area contributed by atoms with E-state index in [4.69, 9.17) is 17.3 Å². The lowest BCUT2D eigenvalue weighted by molar-refractivity contribution is -0.133. The smallest absolute Gasteiger partial charge is 0.264 e. The number of amides is 3. The topological polar surface area (TPSA) is 95.7 Å². The number of nitrogens with zero attached hydrogens (tertiary/aromatic N) is 2. The fourth-order valence-corrected chi connectivity index (χ4v) is 4.90. The number of hydrogen-bond acceptors (Lipinski definition) is 4. The summed E-state index contributed by atoms with van der Waals surface area (Å²) in [5.41, 5.74) is 7.90. The molecule has 2 aliphatic rings. The van der Waals surface area contributed by atoms with Crippen LogP contribution >= 0.6 is 11.6 Å². The molecule has 1 saturated heterocycles. The van der Waals surface area contributed by atoms with Crippen molar-refractivity contribution in [3.8, 4) is 0 Å². The Morgan fingerprint density at radius 3 is 2.15 bits per heavy atom. The van der Waals surface area contributed by atoms with Gasteiger partial charge in [-0.3, -0.25) is 14.4 Å². The summed E-state index contributed by atoms with van der Waals surface area (Å²) in [6, 6.07) is 14.0. The van der Waals surface area contributed by atoms with E-state index in [-0.39, 0.29) is 29.8 Å². The highest BCUT2D eigenvalue weighted by Crippen LogP contribution is 2.23. The Bertz CT molecular complexity index is 1050. The van der Waals surface area contributed by atoms with E-state index in [1.807, 2.05) is 19.1 Å². The average molecular weight is 483 g/mol. The summed E-state index contributed by atoms with van der Waals surface area (Å²) < 4.78 is 0. The quantitative estimate of drug-likeness (QED) is 0.698. The van der Waals surface area contributed by atoms with Crippen molar-refractivity contribution in [2.75, 3.05) is 13.1 Å². The monoisotopic (exact) mass is 482 g/mol. The van der Waals surface area contributed by atoms with Crippen LogP contribution in [0.4, 0.5) is 0 Å². The van der Waals surface area contributed by atoms with Gasteiger partial charge < -0.3 is 20.9 Å². The van der Waals surface area contributed by atoms with E-state index >= 15 is 0 Å². The van der Waals surface area contributed by atoms with Crippen molar-refractivity contribution < 1.29 is 14.4 Å².